The van der Waals surface area contributed by atoms with Crippen molar-refractivity contribution in [3.8, 4) is 0 Å². The average molecular weight is 279 g/mol. The highest BCUT2D eigenvalue weighted by Crippen LogP contribution is 2.11. The molecule has 0 radical (unpaired) electrons. The van der Waals surface area contributed by atoms with Crippen molar-refractivity contribution >= 4 is 5.97 Å². The second-order valence-electron chi connectivity index (χ2n) is 4.68. The molecule has 0 amide bonds. The van der Waals surface area contributed by atoms with Gasteiger partial charge in [0, 0.05) is 13.7 Å². The monoisotopic (exact) mass is 279 g/mol. The fourth-order valence-corrected chi connectivity index (χ4v) is 2.09. The van der Waals surface area contributed by atoms with Crippen molar-refractivity contribution in [1.29, 1.82) is 0 Å². The van der Waals surface area contributed by atoms with E-state index in [9.17, 15) is 4.79 Å². The van der Waals surface area contributed by atoms with E-state index >= 15 is 0 Å². The molecule has 0 fully saturated rings. The molecule has 1 aromatic carbocycles. The highest BCUT2D eigenvalue weighted by atomic mass is 16.5. The predicted molar refractivity (Wildman–Crippen MR) is 79.3 cm³/mol. The lowest BCUT2D eigenvalue weighted by molar-refractivity contribution is -0.145. The van der Waals surface area contributed by atoms with Crippen LogP contribution in [0.3, 0.4) is 0 Å². The molecule has 0 saturated carbocycles. The SMILES string of the molecule is CCCC(NCc1ccccc1COC)C(=O)OCC. The molecule has 1 rings (SSSR count). The van der Waals surface area contributed by atoms with E-state index in [2.05, 4.69) is 18.3 Å². The van der Waals surface area contributed by atoms with E-state index in [0.29, 0.717) is 19.8 Å². The molecule has 1 N–H and O–H groups in total. The molecule has 112 valence electrons. The summed E-state index contributed by atoms with van der Waals surface area (Å²) in [6, 6.07) is 7.84. The lowest BCUT2D eigenvalue weighted by Crippen LogP contribution is -2.37. The summed E-state index contributed by atoms with van der Waals surface area (Å²) in [6.45, 7) is 5.53. The molecular formula is C16H25NO3. The second-order valence-corrected chi connectivity index (χ2v) is 4.68. The molecule has 20 heavy (non-hydrogen) atoms. The first-order valence-corrected chi connectivity index (χ1v) is 7.18. The van der Waals surface area contributed by atoms with E-state index < -0.39 is 0 Å². The Balaban J connectivity index is 2.64. The van der Waals surface area contributed by atoms with E-state index in [4.69, 9.17) is 9.47 Å². The Kier molecular flexibility index (Phi) is 7.92. The Bertz CT molecular complexity index is 406. The van der Waals surface area contributed by atoms with Crippen molar-refractivity contribution in [1.82, 2.24) is 5.32 Å². The van der Waals surface area contributed by atoms with E-state index in [1.807, 2.05) is 25.1 Å². The number of rotatable bonds is 9. The molecule has 0 spiro atoms. The number of benzene rings is 1. The van der Waals surface area contributed by atoms with Gasteiger partial charge in [-0.15, -0.1) is 0 Å². The smallest absolute Gasteiger partial charge is 0.323 e. The maximum Gasteiger partial charge on any atom is 0.323 e. The van der Waals surface area contributed by atoms with Crippen molar-refractivity contribution in [3.05, 3.63) is 35.4 Å². The molecule has 4 heteroatoms. The van der Waals surface area contributed by atoms with Crippen LogP contribution in [0.4, 0.5) is 0 Å². The summed E-state index contributed by atoms with van der Waals surface area (Å²) in [5.74, 6) is -0.168. The lowest BCUT2D eigenvalue weighted by Gasteiger charge is -2.17. The molecule has 0 aromatic heterocycles. The highest BCUT2D eigenvalue weighted by Gasteiger charge is 2.18. The predicted octanol–water partition coefficient (Wildman–Crippen LogP) is 2.65. The molecule has 0 bridgehead atoms. The van der Waals surface area contributed by atoms with E-state index in [0.717, 1.165) is 24.0 Å². The van der Waals surface area contributed by atoms with Gasteiger partial charge in [-0.25, -0.2) is 0 Å². The normalized spacial score (nSPS) is 12.2. The number of methoxy groups -OCH3 is 1. The fraction of sp³-hybridized carbons (Fsp3) is 0.562. The summed E-state index contributed by atoms with van der Waals surface area (Å²) in [7, 11) is 1.68. The maximum atomic E-state index is 11.9. The molecule has 1 atom stereocenters. The van der Waals surface area contributed by atoms with Gasteiger partial charge < -0.3 is 14.8 Å². The van der Waals surface area contributed by atoms with Crippen LogP contribution in [0.15, 0.2) is 24.3 Å². The van der Waals surface area contributed by atoms with Crippen molar-refractivity contribution in [2.24, 2.45) is 0 Å². The number of ether oxygens (including phenoxy) is 2. The van der Waals surface area contributed by atoms with Gasteiger partial charge >= 0.3 is 5.97 Å². The number of nitrogens with one attached hydrogen (secondary N) is 1. The lowest BCUT2D eigenvalue weighted by atomic mass is 10.1. The Labute approximate surface area is 121 Å². The first-order chi connectivity index (χ1) is 9.72. The minimum atomic E-state index is -0.240. The first-order valence-electron chi connectivity index (χ1n) is 7.18. The van der Waals surface area contributed by atoms with Crippen LogP contribution >= 0.6 is 0 Å². The molecule has 0 saturated heterocycles. The van der Waals surface area contributed by atoms with Crippen LogP contribution in [0.5, 0.6) is 0 Å². The van der Waals surface area contributed by atoms with Gasteiger partial charge in [-0.05, 0) is 24.5 Å². The number of carbonyl (C=O) groups is 1. The van der Waals surface area contributed by atoms with Gasteiger partial charge in [-0.1, -0.05) is 37.6 Å². The zero-order chi connectivity index (χ0) is 14.8. The molecular weight excluding hydrogens is 254 g/mol. The Hall–Kier alpha value is -1.39. The van der Waals surface area contributed by atoms with Crippen molar-refractivity contribution in [2.45, 2.75) is 45.9 Å². The van der Waals surface area contributed by atoms with Crippen LogP contribution in [0.1, 0.15) is 37.8 Å². The van der Waals surface area contributed by atoms with Crippen LogP contribution in [0, 0.1) is 0 Å². The maximum absolute atomic E-state index is 11.9. The standard InChI is InChI=1S/C16H25NO3/c1-4-8-15(16(18)20-5-2)17-11-13-9-6-7-10-14(13)12-19-3/h6-7,9-10,15,17H,4-5,8,11-12H2,1-3H3. The number of esters is 1. The van der Waals surface area contributed by atoms with Crippen molar-refractivity contribution < 1.29 is 14.3 Å². The van der Waals surface area contributed by atoms with E-state index in [1.165, 1.54) is 0 Å². The Morgan fingerprint density at radius 3 is 2.55 bits per heavy atom. The molecule has 0 aliphatic rings. The highest BCUT2D eigenvalue weighted by molar-refractivity contribution is 5.75. The van der Waals surface area contributed by atoms with Crippen LogP contribution in [-0.4, -0.2) is 25.7 Å². The van der Waals surface area contributed by atoms with E-state index in [-0.39, 0.29) is 12.0 Å². The minimum absolute atomic E-state index is 0.168. The molecule has 0 heterocycles. The summed E-state index contributed by atoms with van der Waals surface area (Å²) < 4.78 is 10.3. The zero-order valence-electron chi connectivity index (χ0n) is 12.6. The summed E-state index contributed by atoms with van der Waals surface area (Å²) in [5.41, 5.74) is 2.29. The second kappa shape index (κ2) is 9.50. The Morgan fingerprint density at radius 1 is 1.25 bits per heavy atom. The summed E-state index contributed by atoms with van der Waals surface area (Å²) >= 11 is 0. The van der Waals surface area contributed by atoms with Gasteiger partial charge in [0.15, 0.2) is 0 Å². The van der Waals surface area contributed by atoms with Gasteiger partial charge in [0.2, 0.25) is 0 Å². The van der Waals surface area contributed by atoms with Crippen LogP contribution < -0.4 is 5.32 Å². The van der Waals surface area contributed by atoms with Gasteiger partial charge in [0.25, 0.3) is 0 Å². The number of carbonyl (C=O) groups excluding carboxylic acids is 1. The van der Waals surface area contributed by atoms with Crippen LogP contribution in [-0.2, 0) is 27.4 Å². The Morgan fingerprint density at radius 2 is 1.95 bits per heavy atom. The van der Waals surface area contributed by atoms with Crippen molar-refractivity contribution in [2.75, 3.05) is 13.7 Å². The quantitative estimate of drug-likeness (QED) is 0.706. The van der Waals surface area contributed by atoms with Crippen LogP contribution in [0.2, 0.25) is 0 Å². The third-order valence-electron chi connectivity index (χ3n) is 3.11. The van der Waals surface area contributed by atoms with Gasteiger partial charge in [-0.3, -0.25) is 4.79 Å². The first kappa shape index (κ1) is 16.7. The molecule has 0 aliphatic heterocycles. The molecule has 1 aromatic rings. The average Bonchev–Trinajstić information content (AvgIpc) is 2.45. The summed E-state index contributed by atoms with van der Waals surface area (Å²) in [6.07, 6.45) is 1.72. The largest absolute Gasteiger partial charge is 0.465 e. The fourth-order valence-electron chi connectivity index (χ4n) is 2.09. The van der Waals surface area contributed by atoms with Crippen molar-refractivity contribution in [3.63, 3.8) is 0 Å². The van der Waals surface area contributed by atoms with Gasteiger partial charge in [0.05, 0.1) is 13.2 Å². The molecule has 1 unspecified atom stereocenters. The summed E-state index contributed by atoms with van der Waals surface area (Å²) in [4.78, 5) is 11.9. The third kappa shape index (κ3) is 5.31. The number of hydrogen-bond donors (Lipinski definition) is 1. The topological polar surface area (TPSA) is 47.6 Å². The molecule has 4 nitrogen and oxygen atoms in total. The zero-order valence-corrected chi connectivity index (χ0v) is 12.6. The third-order valence-corrected chi connectivity index (χ3v) is 3.11. The number of hydrogen-bond acceptors (Lipinski definition) is 4. The van der Waals surface area contributed by atoms with Crippen LogP contribution in [0.25, 0.3) is 0 Å². The summed E-state index contributed by atoms with van der Waals surface area (Å²) in [5, 5.41) is 3.29. The van der Waals surface area contributed by atoms with Gasteiger partial charge in [0.1, 0.15) is 6.04 Å². The van der Waals surface area contributed by atoms with Gasteiger partial charge in [-0.2, -0.15) is 0 Å². The van der Waals surface area contributed by atoms with E-state index in [1.54, 1.807) is 7.11 Å². The minimum Gasteiger partial charge on any atom is -0.465 e. The molecule has 0 aliphatic carbocycles.